The van der Waals surface area contributed by atoms with E-state index in [1.54, 1.807) is 14.1 Å². The molecule has 0 aliphatic carbocycles. The van der Waals surface area contributed by atoms with Crippen molar-refractivity contribution in [3.63, 3.8) is 0 Å². The van der Waals surface area contributed by atoms with Crippen LogP contribution in [0.2, 0.25) is 0 Å². The number of likely N-dealkylation sites (tertiary alicyclic amines) is 1. The van der Waals surface area contributed by atoms with Crippen LogP contribution in [0.1, 0.15) is 12.0 Å². The minimum Gasteiger partial charge on any atom is -0.465 e. The average Bonchev–Trinajstić information content (AvgIpc) is 2.94. The predicted octanol–water partition coefficient (Wildman–Crippen LogP) is 1.54. The van der Waals surface area contributed by atoms with Crippen LogP contribution >= 0.6 is 0 Å². The van der Waals surface area contributed by atoms with E-state index in [1.165, 1.54) is 4.90 Å². The summed E-state index contributed by atoms with van der Waals surface area (Å²) in [5.74, 6) is -0.973. The molecule has 0 saturated carbocycles. The van der Waals surface area contributed by atoms with Crippen molar-refractivity contribution in [3.8, 4) is 0 Å². The van der Waals surface area contributed by atoms with Gasteiger partial charge in [0.25, 0.3) is 0 Å². The van der Waals surface area contributed by atoms with E-state index in [0.717, 1.165) is 16.5 Å². The Labute approximate surface area is 146 Å². The molecule has 1 aliphatic rings. The maximum Gasteiger partial charge on any atom is 0.408 e. The number of rotatable bonds is 5. The SMILES string of the molecule is C=CC(=O)O[C@H]1CN(C(=O)O)[C@](Cc2ccccc2)(C(=O)N(C)C)C1. The quantitative estimate of drug-likeness (QED) is 0.645. The van der Waals surface area contributed by atoms with E-state index >= 15 is 0 Å². The number of amides is 2. The van der Waals surface area contributed by atoms with Crippen LogP contribution in [0.4, 0.5) is 4.79 Å². The molecular weight excluding hydrogens is 324 g/mol. The van der Waals surface area contributed by atoms with Crippen molar-refractivity contribution in [2.45, 2.75) is 24.5 Å². The van der Waals surface area contributed by atoms with E-state index in [9.17, 15) is 19.5 Å². The lowest BCUT2D eigenvalue weighted by atomic mass is 9.86. The second-order valence-corrected chi connectivity index (χ2v) is 6.25. The summed E-state index contributed by atoms with van der Waals surface area (Å²) in [7, 11) is 3.16. The van der Waals surface area contributed by atoms with E-state index in [0.29, 0.717) is 0 Å². The first-order chi connectivity index (χ1) is 11.8. The highest BCUT2D eigenvalue weighted by Crippen LogP contribution is 2.36. The zero-order valence-electron chi connectivity index (χ0n) is 14.3. The number of carboxylic acid groups (broad SMARTS) is 1. The third-order valence-electron chi connectivity index (χ3n) is 4.29. The van der Waals surface area contributed by atoms with Crippen molar-refractivity contribution in [3.05, 3.63) is 48.6 Å². The summed E-state index contributed by atoms with van der Waals surface area (Å²) in [4.78, 5) is 38.8. The van der Waals surface area contributed by atoms with Gasteiger partial charge in [0.2, 0.25) is 5.91 Å². The lowest BCUT2D eigenvalue weighted by Gasteiger charge is -2.37. The Morgan fingerprint density at radius 3 is 2.52 bits per heavy atom. The molecule has 134 valence electrons. The van der Waals surface area contributed by atoms with Crippen molar-refractivity contribution < 1.29 is 24.2 Å². The summed E-state index contributed by atoms with van der Waals surface area (Å²) in [6.07, 6.45) is -0.586. The molecule has 2 atom stereocenters. The van der Waals surface area contributed by atoms with Crippen molar-refractivity contribution in [2.24, 2.45) is 0 Å². The Balaban J connectivity index is 2.43. The molecule has 1 saturated heterocycles. The van der Waals surface area contributed by atoms with E-state index < -0.39 is 23.7 Å². The Kier molecular flexibility index (Phi) is 5.46. The van der Waals surface area contributed by atoms with Gasteiger partial charge in [-0.1, -0.05) is 36.9 Å². The molecule has 1 fully saturated rings. The lowest BCUT2D eigenvalue weighted by molar-refractivity contribution is -0.144. The van der Waals surface area contributed by atoms with Gasteiger partial charge in [0.05, 0.1) is 6.54 Å². The summed E-state index contributed by atoms with van der Waals surface area (Å²) >= 11 is 0. The average molecular weight is 346 g/mol. The first-order valence-electron chi connectivity index (χ1n) is 7.89. The molecule has 0 spiro atoms. The second-order valence-electron chi connectivity index (χ2n) is 6.25. The topological polar surface area (TPSA) is 87.1 Å². The van der Waals surface area contributed by atoms with Crippen molar-refractivity contribution in [1.29, 1.82) is 0 Å². The van der Waals surface area contributed by atoms with Crippen LogP contribution in [-0.2, 0) is 20.7 Å². The Morgan fingerprint density at radius 1 is 1.36 bits per heavy atom. The van der Waals surface area contributed by atoms with Gasteiger partial charge in [0, 0.05) is 33.0 Å². The number of nitrogens with zero attached hydrogens (tertiary/aromatic N) is 2. The van der Waals surface area contributed by atoms with Crippen LogP contribution in [0, 0.1) is 0 Å². The molecule has 1 aromatic carbocycles. The number of benzene rings is 1. The number of hydrogen-bond donors (Lipinski definition) is 1. The van der Waals surface area contributed by atoms with Crippen LogP contribution in [0.15, 0.2) is 43.0 Å². The smallest absolute Gasteiger partial charge is 0.408 e. The molecule has 0 bridgehead atoms. The van der Waals surface area contributed by atoms with Crippen molar-refractivity contribution in [2.75, 3.05) is 20.6 Å². The minimum absolute atomic E-state index is 0.0542. The highest BCUT2D eigenvalue weighted by Gasteiger charge is 2.55. The number of hydrogen-bond acceptors (Lipinski definition) is 4. The molecule has 1 aliphatic heterocycles. The predicted molar refractivity (Wildman–Crippen MR) is 91.0 cm³/mol. The Morgan fingerprint density at radius 2 is 2.00 bits per heavy atom. The standard InChI is InChI=1S/C18H22N2O5/c1-4-15(21)25-14-11-18(16(22)19(2)3,20(12-14)17(23)24)10-13-8-6-5-7-9-13/h4-9,14H,1,10-12H2,2-3H3,(H,23,24)/t14-,18+/m1/s1. The monoisotopic (exact) mass is 346 g/mol. The van der Waals surface area contributed by atoms with E-state index in [4.69, 9.17) is 4.74 Å². The molecule has 2 rings (SSSR count). The molecule has 0 radical (unpaired) electrons. The van der Waals surface area contributed by atoms with E-state index in [-0.39, 0.29) is 25.3 Å². The lowest BCUT2D eigenvalue weighted by Crippen LogP contribution is -2.58. The van der Waals surface area contributed by atoms with Crippen LogP contribution < -0.4 is 0 Å². The normalized spacial score (nSPS) is 22.3. The largest absolute Gasteiger partial charge is 0.465 e. The van der Waals surface area contributed by atoms with Crippen molar-refractivity contribution >= 4 is 18.0 Å². The summed E-state index contributed by atoms with van der Waals surface area (Å²) in [5.41, 5.74) is -0.484. The first-order valence-corrected chi connectivity index (χ1v) is 7.89. The van der Waals surface area contributed by atoms with Crippen molar-refractivity contribution in [1.82, 2.24) is 9.80 Å². The van der Waals surface area contributed by atoms with Gasteiger partial charge in [0.15, 0.2) is 0 Å². The second kappa shape index (κ2) is 7.38. The number of ether oxygens (including phenoxy) is 1. The van der Waals surface area contributed by atoms with Gasteiger partial charge in [-0.05, 0) is 5.56 Å². The van der Waals surface area contributed by atoms with Gasteiger partial charge in [-0.25, -0.2) is 9.59 Å². The van der Waals surface area contributed by atoms with Gasteiger partial charge >= 0.3 is 12.1 Å². The fourth-order valence-corrected chi connectivity index (χ4v) is 3.28. The van der Waals surface area contributed by atoms with Crippen LogP contribution in [0.25, 0.3) is 0 Å². The number of likely N-dealkylation sites (N-methyl/N-ethyl adjacent to an activating group) is 1. The van der Waals surface area contributed by atoms with Gasteiger partial charge < -0.3 is 14.7 Å². The molecular formula is C18H22N2O5. The maximum absolute atomic E-state index is 12.9. The summed E-state index contributed by atoms with van der Waals surface area (Å²) in [6, 6.07) is 9.20. The zero-order valence-corrected chi connectivity index (χ0v) is 14.3. The molecule has 7 heteroatoms. The van der Waals surface area contributed by atoms with Gasteiger partial charge in [-0.2, -0.15) is 0 Å². The van der Waals surface area contributed by atoms with E-state index in [1.807, 2.05) is 30.3 Å². The summed E-state index contributed by atoms with van der Waals surface area (Å²) in [6.45, 7) is 3.29. The highest BCUT2D eigenvalue weighted by molar-refractivity contribution is 5.91. The fourth-order valence-electron chi connectivity index (χ4n) is 3.28. The number of carbonyl (C=O) groups excluding carboxylic acids is 2. The van der Waals surface area contributed by atoms with Crippen LogP contribution in [0.3, 0.4) is 0 Å². The van der Waals surface area contributed by atoms with Crippen LogP contribution in [0.5, 0.6) is 0 Å². The summed E-state index contributed by atoms with van der Waals surface area (Å²) < 4.78 is 5.23. The third kappa shape index (κ3) is 3.81. The molecule has 25 heavy (non-hydrogen) atoms. The Hall–Kier alpha value is -2.83. The van der Waals surface area contributed by atoms with Crippen LogP contribution in [-0.4, -0.2) is 65.2 Å². The van der Waals surface area contributed by atoms with E-state index in [2.05, 4.69) is 6.58 Å². The molecule has 2 amide bonds. The number of esters is 1. The first kappa shape index (κ1) is 18.5. The minimum atomic E-state index is -1.32. The molecule has 1 heterocycles. The van der Waals surface area contributed by atoms with Gasteiger partial charge in [-0.15, -0.1) is 0 Å². The zero-order chi connectivity index (χ0) is 18.6. The molecule has 1 N–H and O–H groups in total. The molecule has 1 aromatic rings. The Bertz CT molecular complexity index is 673. The molecule has 0 aromatic heterocycles. The fraction of sp³-hybridized carbons (Fsp3) is 0.389. The third-order valence-corrected chi connectivity index (χ3v) is 4.29. The summed E-state index contributed by atoms with van der Waals surface area (Å²) in [5, 5.41) is 9.66. The maximum atomic E-state index is 12.9. The van der Waals surface area contributed by atoms with Gasteiger partial charge in [-0.3, -0.25) is 9.69 Å². The van der Waals surface area contributed by atoms with Gasteiger partial charge in [0.1, 0.15) is 11.6 Å². The number of carbonyl (C=O) groups is 3. The highest BCUT2D eigenvalue weighted by atomic mass is 16.5. The molecule has 7 nitrogen and oxygen atoms in total. The molecule has 0 unspecified atom stereocenters.